The van der Waals surface area contributed by atoms with Gasteiger partial charge in [0.2, 0.25) is 0 Å². The average molecular weight is 333 g/mol. The summed E-state index contributed by atoms with van der Waals surface area (Å²) < 4.78 is 0.421. The molecule has 1 aliphatic rings. The quantitative estimate of drug-likeness (QED) is 0.917. The molecular weight excluding hydrogens is 320 g/mol. The third-order valence-electron chi connectivity index (χ3n) is 3.68. The maximum absolute atomic E-state index is 11.1. The number of rotatable bonds is 2. The van der Waals surface area contributed by atoms with Gasteiger partial charge in [-0.15, -0.1) is 0 Å². The van der Waals surface area contributed by atoms with E-state index in [1.54, 1.807) is 0 Å². The summed E-state index contributed by atoms with van der Waals surface area (Å²) in [4.78, 5) is 19.6. The van der Waals surface area contributed by atoms with Crippen LogP contribution in [0.25, 0.3) is 0 Å². The van der Waals surface area contributed by atoms with Crippen molar-refractivity contribution in [3.05, 3.63) is 57.6 Å². The van der Waals surface area contributed by atoms with E-state index in [1.807, 2.05) is 6.07 Å². The van der Waals surface area contributed by atoms with Gasteiger partial charge in [0.05, 0.1) is 4.47 Å². The SMILES string of the molecule is O=C(O)c1nc(C2CCc3ccccc3C2)ncc1Br. The molecule has 20 heavy (non-hydrogen) atoms. The third kappa shape index (κ3) is 2.45. The number of benzene rings is 1. The number of hydrogen-bond acceptors (Lipinski definition) is 3. The summed E-state index contributed by atoms with van der Waals surface area (Å²) in [5.74, 6) is -0.215. The maximum atomic E-state index is 11.1. The van der Waals surface area contributed by atoms with Gasteiger partial charge in [0, 0.05) is 12.1 Å². The molecule has 0 saturated heterocycles. The van der Waals surface area contributed by atoms with E-state index in [4.69, 9.17) is 5.11 Å². The standard InChI is InChI=1S/C15H13BrN2O2/c16-12-8-17-14(18-13(12)15(19)20)11-6-5-9-3-1-2-4-10(9)7-11/h1-4,8,11H,5-7H2,(H,19,20). The van der Waals surface area contributed by atoms with Crippen LogP contribution in [-0.4, -0.2) is 21.0 Å². The molecule has 0 aliphatic heterocycles. The Kier molecular flexibility index (Phi) is 3.53. The minimum absolute atomic E-state index is 0.0360. The minimum atomic E-state index is -1.03. The van der Waals surface area contributed by atoms with Gasteiger partial charge in [-0.1, -0.05) is 24.3 Å². The number of aryl methyl sites for hydroxylation is 1. The second-order valence-corrected chi connectivity index (χ2v) is 5.79. The molecule has 1 aromatic heterocycles. The first-order valence-electron chi connectivity index (χ1n) is 6.47. The third-order valence-corrected chi connectivity index (χ3v) is 4.26. The van der Waals surface area contributed by atoms with Crippen LogP contribution in [0.15, 0.2) is 34.9 Å². The number of aromatic nitrogens is 2. The smallest absolute Gasteiger partial charge is 0.355 e. The lowest BCUT2D eigenvalue weighted by molar-refractivity contribution is 0.0688. The second kappa shape index (κ2) is 5.32. The van der Waals surface area contributed by atoms with E-state index >= 15 is 0 Å². The first kappa shape index (κ1) is 13.2. The van der Waals surface area contributed by atoms with Crippen LogP contribution in [-0.2, 0) is 12.8 Å². The molecule has 1 aromatic carbocycles. The van der Waals surface area contributed by atoms with Crippen LogP contribution in [0.2, 0.25) is 0 Å². The van der Waals surface area contributed by atoms with Gasteiger partial charge in [-0.05, 0) is 46.3 Å². The summed E-state index contributed by atoms with van der Waals surface area (Å²) in [5, 5.41) is 9.13. The Morgan fingerprint density at radius 1 is 1.30 bits per heavy atom. The number of fused-ring (bicyclic) bond motifs is 1. The Morgan fingerprint density at radius 2 is 2.05 bits per heavy atom. The van der Waals surface area contributed by atoms with Gasteiger partial charge in [-0.3, -0.25) is 0 Å². The van der Waals surface area contributed by atoms with Gasteiger partial charge >= 0.3 is 5.97 Å². The van der Waals surface area contributed by atoms with Crippen LogP contribution >= 0.6 is 15.9 Å². The van der Waals surface area contributed by atoms with Crippen LogP contribution in [0.1, 0.15) is 39.8 Å². The average Bonchev–Trinajstić information content (AvgIpc) is 2.47. The number of nitrogens with zero attached hydrogens (tertiary/aromatic N) is 2. The molecule has 0 radical (unpaired) electrons. The van der Waals surface area contributed by atoms with Crippen molar-refractivity contribution >= 4 is 21.9 Å². The molecule has 0 bridgehead atoms. The Bertz CT molecular complexity index is 673. The number of carbonyl (C=O) groups is 1. The Labute approximate surface area is 125 Å². The largest absolute Gasteiger partial charge is 0.476 e. The van der Waals surface area contributed by atoms with Gasteiger partial charge in [0.1, 0.15) is 5.82 Å². The van der Waals surface area contributed by atoms with E-state index in [1.165, 1.54) is 17.3 Å². The zero-order valence-corrected chi connectivity index (χ0v) is 12.3. The fraction of sp³-hybridized carbons (Fsp3) is 0.267. The van der Waals surface area contributed by atoms with E-state index in [2.05, 4.69) is 44.1 Å². The monoisotopic (exact) mass is 332 g/mol. The normalized spacial score (nSPS) is 17.6. The maximum Gasteiger partial charge on any atom is 0.355 e. The zero-order valence-electron chi connectivity index (χ0n) is 10.7. The molecule has 1 aliphatic carbocycles. The van der Waals surface area contributed by atoms with Crippen molar-refractivity contribution in [2.24, 2.45) is 0 Å². The van der Waals surface area contributed by atoms with Crippen molar-refractivity contribution in [1.82, 2.24) is 9.97 Å². The van der Waals surface area contributed by atoms with Crippen molar-refractivity contribution in [2.75, 3.05) is 0 Å². The highest BCUT2D eigenvalue weighted by Crippen LogP contribution is 2.31. The van der Waals surface area contributed by atoms with Gasteiger partial charge in [0.25, 0.3) is 0 Å². The van der Waals surface area contributed by atoms with Gasteiger partial charge in [-0.2, -0.15) is 0 Å². The van der Waals surface area contributed by atoms with E-state index in [9.17, 15) is 4.79 Å². The summed E-state index contributed by atoms with van der Waals surface area (Å²) in [7, 11) is 0. The molecule has 4 nitrogen and oxygen atoms in total. The highest BCUT2D eigenvalue weighted by atomic mass is 79.9. The van der Waals surface area contributed by atoms with E-state index < -0.39 is 5.97 Å². The second-order valence-electron chi connectivity index (χ2n) is 4.94. The highest BCUT2D eigenvalue weighted by Gasteiger charge is 2.23. The first-order valence-corrected chi connectivity index (χ1v) is 7.27. The molecule has 0 spiro atoms. The van der Waals surface area contributed by atoms with Crippen molar-refractivity contribution in [3.8, 4) is 0 Å². The van der Waals surface area contributed by atoms with Crippen LogP contribution in [0, 0.1) is 0 Å². The molecule has 0 saturated carbocycles. The van der Waals surface area contributed by atoms with E-state index in [0.29, 0.717) is 10.3 Å². The number of halogens is 1. The molecule has 2 aromatic rings. The van der Waals surface area contributed by atoms with E-state index in [0.717, 1.165) is 19.3 Å². The first-order chi connectivity index (χ1) is 9.65. The topological polar surface area (TPSA) is 63.1 Å². The fourth-order valence-corrected chi connectivity index (χ4v) is 3.01. The molecule has 102 valence electrons. The fourth-order valence-electron chi connectivity index (χ4n) is 2.65. The minimum Gasteiger partial charge on any atom is -0.476 e. The predicted octanol–water partition coefficient (Wildman–Crippen LogP) is 3.21. The van der Waals surface area contributed by atoms with Crippen LogP contribution < -0.4 is 0 Å². The zero-order chi connectivity index (χ0) is 14.1. The molecule has 0 amide bonds. The predicted molar refractivity (Wildman–Crippen MR) is 77.9 cm³/mol. The lowest BCUT2D eigenvalue weighted by Crippen LogP contribution is -2.17. The summed E-state index contributed by atoms with van der Waals surface area (Å²) in [6.45, 7) is 0. The molecule has 3 rings (SSSR count). The van der Waals surface area contributed by atoms with E-state index in [-0.39, 0.29) is 11.6 Å². The number of carboxylic acid groups (broad SMARTS) is 1. The van der Waals surface area contributed by atoms with Crippen molar-refractivity contribution in [3.63, 3.8) is 0 Å². The number of carboxylic acids is 1. The lowest BCUT2D eigenvalue weighted by Gasteiger charge is -2.23. The molecule has 1 atom stereocenters. The molecule has 1 heterocycles. The van der Waals surface area contributed by atoms with Crippen molar-refractivity contribution < 1.29 is 9.90 Å². The number of aromatic carboxylic acids is 1. The van der Waals surface area contributed by atoms with Gasteiger partial charge in [0.15, 0.2) is 5.69 Å². The van der Waals surface area contributed by atoms with Crippen molar-refractivity contribution in [1.29, 1.82) is 0 Å². The molecular formula is C15H13BrN2O2. The molecule has 0 fully saturated rings. The highest BCUT2D eigenvalue weighted by molar-refractivity contribution is 9.10. The summed E-state index contributed by atoms with van der Waals surface area (Å²) in [6, 6.07) is 8.36. The Hall–Kier alpha value is -1.75. The Balaban J connectivity index is 1.92. The van der Waals surface area contributed by atoms with Crippen LogP contribution in [0.4, 0.5) is 0 Å². The van der Waals surface area contributed by atoms with Gasteiger partial charge in [-0.25, -0.2) is 14.8 Å². The summed E-state index contributed by atoms with van der Waals surface area (Å²) in [6.07, 6.45) is 4.35. The van der Waals surface area contributed by atoms with Crippen LogP contribution in [0.3, 0.4) is 0 Å². The summed E-state index contributed by atoms with van der Waals surface area (Å²) >= 11 is 3.17. The van der Waals surface area contributed by atoms with Crippen molar-refractivity contribution in [2.45, 2.75) is 25.2 Å². The molecule has 5 heteroatoms. The summed E-state index contributed by atoms with van der Waals surface area (Å²) in [5.41, 5.74) is 2.72. The Morgan fingerprint density at radius 3 is 2.80 bits per heavy atom. The number of hydrogen-bond donors (Lipinski definition) is 1. The molecule has 1 N–H and O–H groups in total. The van der Waals surface area contributed by atoms with Crippen LogP contribution in [0.5, 0.6) is 0 Å². The lowest BCUT2D eigenvalue weighted by atomic mass is 9.83. The molecule has 1 unspecified atom stereocenters. The van der Waals surface area contributed by atoms with Gasteiger partial charge < -0.3 is 5.11 Å².